The van der Waals surface area contributed by atoms with Crippen molar-refractivity contribution in [3.63, 3.8) is 0 Å². The van der Waals surface area contributed by atoms with Gasteiger partial charge in [0.1, 0.15) is 0 Å². The third-order valence-corrected chi connectivity index (χ3v) is 4.80. The molecule has 2 unspecified atom stereocenters. The summed E-state index contributed by atoms with van der Waals surface area (Å²) in [6, 6.07) is 8.09. The van der Waals surface area contributed by atoms with Gasteiger partial charge < -0.3 is 10.1 Å². The SMILES string of the molecule is CCCC(C)CC(=O)NCC(c1ccc(Cl)cc1)N1CCOCC1. The average Bonchev–Trinajstić information content (AvgIpc) is 2.57. The minimum absolute atomic E-state index is 0.142. The number of hydrogen-bond donors (Lipinski definition) is 1. The summed E-state index contributed by atoms with van der Waals surface area (Å²) in [7, 11) is 0. The van der Waals surface area contributed by atoms with E-state index in [0.29, 0.717) is 18.9 Å². The molecular weight excluding hydrogens is 324 g/mol. The minimum Gasteiger partial charge on any atom is -0.379 e. The second kappa shape index (κ2) is 10.0. The standard InChI is InChI=1S/C19H29ClN2O2/c1-3-4-15(2)13-19(23)21-14-18(22-9-11-24-12-10-22)16-5-7-17(20)8-6-16/h5-8,15,18H,3-4,9-14H2,1-2H3,(H,21,23). The first kappa shape index (κ1) is 19.2. The molecular formula is C19H29ClN2O2. The van der Waals surface area contributed by atoms with Gasteiger partial charge in [0.05, 0.1) is 19.3 Å². The van der Waals surface area contributed by atoms with E-state index in [1.165, 1.54) is 5.56 Å². The van der Waals surface area contributed by atoms with Crippen molar-refractivity contribution in [2.45, 2.75) is 39.2 Å². The molecule has 0 saturated carbocycles. The molecule has 1 amide bonds. The van der Waals surface area contributed by atoms with Crippen LogP contribution in [0.1, 0.15) is 44.7 Å². The van der Waals surface area contributed by atoms with E-state index in [0.717, 1.165) is 44.2 Å². The van der Waals surface area contributed by atoms with Crippen molar-refractivity contribution in [1.82, 2.24) is 10.2 Å². The maximum atomic E-state index is 12.2. The van der Waals surface area contributed by atoms with Crippen molar-refractivity contribution in [2.75, 3.05) is 32.8 Å². The third kappa shape index (κ3) is 6.08. The summed E-state index contributed by atoms with van der Waals surface area (Å²) >= 11 is 6.01. The molecule has 134 valence electrons. The van der Waals surface area contributed by atoms with Crippen LogP contribution in [0.2, 0.25) is 5.02 Å². The van der Waals surface area contributed by atoms with E-state index < -0.39 is 0 Å². The lowest BCUT2D eigenvalue weighted by atomic mass is 10.0. The highest BCUT2D eigenvalue weighted by molar-refractivity contribution is 6.30. The Labute approximate surface area is 150 Å². The van der Waals surface area contributed by atoms with E-state index in [-0.39, 0.29) is 11.9 Å². The zero-order valence-electron chi connectivity index (χ0n) is 14.8. The molecule has 1 aromatic rings. The summed E-state index contributed by atoms with van der Waals surface area (Å²) in [6.45, 7) is 8.17. The zero-order valence-corrected chi connectivity index (χ0v) is 15.5. The fourth-order valence-electron chi connectivity index (χ4n) is 3.23. The second-order valence-corrected chi connectivity index (χ2v) is 7.05. The van der Waals surface area contributed by atoms with Gasteiger partial charge in [0.15, 0.2) is 0 Å². The molecule has 1 aliphatic rings. The first-order valence-electron chi connectivity index (χ1n) is 8.94. The molecule has 0 aliphatic carbocycles. The van der Waals surface area contributed by atoms with Crippen molar-refractivity contribution in [3.8, 4) is 0 Å². The molecule has 2 rings (SSSR count). The fraction of sp³-hybridized carbons (Fsp3) is 0.632. The van der Waals surface area contributed by atoms with Crippen LogP contribution in [0.4, 0.5) is 0 Å². The molecule has 0 aromatic heterocycles. The Hall–Kier alpha value is -1.10. The Morgan fingerprint density at radius 1 is 1.29 bits per heavy atom. The Bertz CT molecular complexity index is 501. The molecule has 1 aliphatic heterocycles. The highest BCUT2D eigenvalue weighted by Gasteiger charge is 2.23. The van der Waals surface area contributed by atoms with E-state index in [1.807, 2.05) is 24.3 Å². The van der Waals surface area contributed by atoms with Gasteiger partial charge in [-0.25, -0.2) is 0 Å². The van der Waals surface area contributed by atoms with Crippen molar-refractivity contribution in [2.24, 2.45) is 5.92 Å². The lowest BCUT2D eigenvalue weighted by Gasteiger charge is -2.35. The van der Waals surface area contributed by atoms with E-state index in [1.54, 1.807) is 0 Å². The first-order chi connectivity index (χ1) is 11.6. The summed E-state index contributed by atoms with van der Waals surface area (Å²) in [4.78, 5) is 14.6. The Morgan fingerprint density at radius 3 is 2.58 bits per heavy atom. The van der Waals surface area contributed by atoms with Gasteiger partial charge in [0.25, 0.3) is 0 Å². The van der Waals surface area contributed by atoms with Gasteiger partial charge >= 0.3 is 0 Å². The van der Waals surface area contributed by atoms with Gasteiger partial charge in [-0.3, -0.25) is 9.69 Å². The summed E-state index contributed by atoms with van der Waals surface area (Å²) in [6.07, 6.45) is 2.82. The lowest BCUT2D eigenvalue weighted by Crippen LogP contribution is -2.44. The van der Waals surface area contributed by atoms with Crippen LogP contribution in [-0.4, -0.2) is 43.7 Å². The molecule has 1 aromatic carbocycles. The van der Waals surface area contributed by atoms with Crippen LogP contribution in [0.15, 0.2) is 24.3 Å². The number of hydrogen-bond acceptors (Lipinski definition) is 3. The topological polar surface area (TPSA) is 41.6 Å². The fourth-order valence-corrected chi connectivity index (χ4v) is 3.35. The molecule has 1 heterocycles. The molecule has 4 nitrogen and oxygen atoms in total. The van der Waals surface area contributed by atoms with Crippen LogP contribution < -0.4 is 5.32 Å². The summed E-state index contributed by atoms with van der Waals surface area (Å²) < 4.78 is 5.46. The Kier molecular flexibility index (Phi) is 8.03. The van der Waals surface area contributed by atoms with Crippen molar-refractivity contribution in [1.29, 1.82) is 0 Å². The number of carbonyl (C=O) groups is 1. The zero-order chi connectivity index (χ0) is 17.4. The monoisotopic (exact) mass is 352 g/mol. The van der Waals surface area contributed by atoms with Gasteiger partial charge in [0.2, 0.25) is 5.91 Å². The normalized spacial score (nSPS) is 18.1. The number of rotatable bonds is 8. The van der Waals surface area contributed by atoms with Gasteiger partial charge in [-0.15, -0.1) is 0 Å². The second-order valence-electron chi connectivity index (χ2n) is 6.62. The summed E-state index contributed by atoms with van der Waals surface area (Å²) in [5.74, 6) is 0.579. The van der Waals surface area contributed by atoms with Crippen molar-refractivity contribution < 1.29 is 9.53 Å². The molecule has 1 saturated heterocycles. The molecule has 5 heteroatoms. The maximum Gasteiger partial charge on any atom is 0.220 e. The van der Waals surface area contributed by atoms with Crippen LogP contribution in [0.3, 0.4) is 0 Å². The molecule has 1 N–H and O–H groups in total. The number of nitrogens with zero attached hydrogens (tertiary/aromatic N) is 1. The van der Waals surface area contributed by atoms with E-state index in [2.05, 4.69) is 24.1 Å². The number of benzene rings is 1. The molecule has 0 radical (unpaired) electrons. The van der Waals surface area contributed by atoms with E-state index in [9.17, 15) is 4.79 Å². The Balaban J connectivity index is 1.97. The average molecular weight is 353 g/mol. The Morgan fingerprint density at radius 2 is 1.96 bits per heavy atom. The summed E-state index contributed by atoms with van der Waals surface area (Å²) in [5.41, 5.74) is 1.18. The number of halogens is 1. The molecule has 0 spiro atoms. The molecule has 0 bridgehead atoms. The van der Waals surface area contributed by atoms with Crippen LogP contribution in [0.5, 0.6) is 0 Å². The lowest BCUT2D eigenvalue weighted by molar-refractivity contribution is -0.122. The highest BCUT2D eigenvalue weighted by Crippen LogP contribution is 2.23. The number of nitrogens with one attached hydrogen (secondary N) is 1. The summed E-state index contributed by atoms with van der Waals surface area (Å²) in [5, 5.41) is 3.86. The van der Waals surface area contributed by atoms with Crippen LogP contribution in [0, 0.1) is 5.92 Å². The van der Waals surface area contributed by atoms with Crippen molar-refractivity contribution >= 4 is 17.5 Å². The van der Waals surface area contributed by atoms with Crippen LogP contribution in [0.25, 0.3) is 0 Å². The van der Waals surface area contributed by atoms with Crippen LogP contribution >= 0.6 is 11.6 Å². The molecule has 1 fully saturated rings. The predicted octanol–water partition coefficient (Wildman–Crippen LogP) is 3.66. The van der Waals surface area contributed by atoms with Gasteiger partial charge in [-0.1, -0.05) is 50.4 Å². The van der Waals surface area contributed by atoms with Crippen LogP contribution in [-0.2, 0) is 9.53 Å². The van der Waals surface area contributed by atoms with Gasteiger partial charge in [0, 0.05) is 31.1 Å². The number of carbonyl (C=O) groups excluding carboxylic acids is 1. The van der Waals surface area contributed by atoms with Gasteiger partial charge in [-0.2, -0.15) is 0 Å². The maximum absolute atomic E-state index is 12.2. The predicted molar refractivity (Wildman–Crippen MR) is 98.3 cm³/mol. The molecule has 2 atom stereocenters. The highest BCUT2D eigenvalue weighted by atomic mass is 35.5. The van der Waals surface area contributed by atoms with Crippen molar-refractivity contribution in [3.05, 3.63) is 34.9 Å². The largest absolute Gasteiger partial charge is 0.379 e. The van der Waals surface area contributed by atoms with E-state index in [4.69, 9.17) is 16.3 Å². The quantitative estimate of drug-likeness (QED) is 0.776. The van der Waals surface area contributed by atoms with E-state index >= 15 is 0 Å². The number of amides is 1. The minimum atomic E-state index is 0.142. The smallest absolute Gasteiger partial charge is 0.220 e. The third-order valence-electron chi connectivity index (χ3n) is 4.55. The van der Waals surface area contributed by atoms with Gasteiger partial charge in [-0.05, 0) is 23.6 Å². The number of ether oxygens (including phenoxy) is 1. The first-order valence-corrected chi connectivity index (χ1v) is 9.32. The molecule has 24 heavy (non-hydrogen) atoms. The number of morpholine rings is 1.